The highest BCUT2D eigenvalue weighted by atomic mass is 79.9. The van der Waals surface area contributed by atoms with Gasteiger partial charge in [0.2, 0.25) is 0 Å². The predicted octanol–water partition coefficient (Wildman–Crippen LogP) is 3.27. The van der Waals surface area contributed by atoms with Crippen LogP contribution in [0.3, 0.4) is 0 Å². The van der Waals surface area contributed by atoms with Gasteiger partial charge in [0.15, 0.2) is 5.75 Å². The van der Waals surface area contributed by atoms with Gasteiger partial charge >= 0.3 is 6.36 Å². The molecule has 6 nitrogen and oxygen atoms in total. The zero-order valence-electron chi connectivity index (χ0n) is 10.2. The molecular formula is C10H9BrClF3N2O4. The average molecular weight is 394 g/mol. The smallest absolute Gasteiger partial charge is 0.404 e. The Balaban J connectivity index is 3.09. The number of nitrogens with zero attached hydrogens (tertiary/aromatic N) is 1. The highest BCUT2D eigenvalue weighted by Crippen LogP contribution is 2.38. The van der Waals surface area contributed by atoms with Crippen molar-refractivity contribution in [3.8, 4) is 5.75 Å². The van der Waals surface area contributed by atoms with Crippen molar-refractivity contribution in [2.24, 2.45) is 0 Å². The Labute approximate surface area is 130 Å². The highest BCUT2D eigenvalue weighted by molar-refractivity contribution is 9.10. The normalized spacial score (nSPS) is 12.9. The standard InChI is InChI=1S/C10H9BrClF3N2O4/c11-6-1-7(16-4-5(18)3-12)8(17(19)20)2-9(6)21-10(13,14)15/h1-2,5,16,18H,3-4H2. The first kappa shape index (κ1) is 17.8. The van der Waals surface area contributed by atoms with Crippen LogP contribution in [0.2, 0.25) is 0 Å². The van der Waals surface area contributed by atoms with Crippen molar-refractivity contribution in [1.82, 2.24) is 0 Å². The number of halogens is 5. The van der Waals surface area contributed by atoms with E-state index < -0.39 is 28.8 Å². The molecule has 0 aliphatic carbocycles. The van der Waals surface area contributed by atoms with Crippen LogP contribution in [0, 0.1) is 10.1 Å². The summed E-state index contributed by atoms with van der Waals surface area (Å²) < 4.78 is 40.1. The van der Waals surface area contributed by atoms with Gasteiger partial charge in [0.25, 0.3) is 5.69 Å². The van der Waals surface area contributed by atoms with Crippen molar-refractivity contribution in [1.29, 1.82) is 0 Å². The van der Waals surface area contributed by atoms with E-state index in [1.807, 2.05) is 0 Å². The number of aliphatic hydroxyl groups is 1. The summed E-state index contributed by atoms with van der Waals surface area (Å²) in [5.41, 5.74) is -0.704. The lowest BCUT2D eigenvalue weighted by Gasteiger charge is -2.14. The first-order valence-corrected chi connectivity index (χ1v) is 6.68. The fraction of sp³-hybridized carbons (Fsp3) is 0.400. The van der Waals surface area contributed by atoms with Gasteiger partial charge in [-0.2, -0.15) is 0 Å². The summed E-state index contributed by atoms with van der Waals surface area (Å²) in [6.07, 6.45) is -5.93. The molecule has 0 bridgehead atoms. The Morgan fingerprint density at radius 3 is 2.62 bits per heavy atom. The molecule has 1 rings (SSSR count). The Hall–Kier alpha value is -1.26. The van der Waals surface area contributed by atoms with Crippen molar-refractivity contribution in [2.45, 2.75) is 12.5 Å². The number of hydrogen-bond acceptors (Lipinski definition) is 5. The third-order valence-electron chi connectivity index (χ3n) is 2.18. The van der Waals surface area contributed by atoms with Crippen LogP contribution in [-0.2, 0) is 0 Å². The second kappa shape index (κ2) is 7.14. The maximum Gasteiger partial charge on any atom is 0.573 e. The summed E-state index contributed by atoms with van der Waals surface area (Å²) in [6, 6.07) is 1.69. The molecule has 0 aromatic heterocycles. The number of aliphatic hydroxyl groups excluding tert-OH is 1. The SMILES string of the molecule is O=[N+]([O-])c1cc(OC(F)(F)F)c(Br)cc1NCC(O)CCl. The number of benzene rings is 1. The van der Waals surface area contributed by atoms with Crippen molar-refractivity contribution in [3.63, 3.8) is 0 Å². The van der Waals surface area contributed by atoms with Crippen molar-refractivity contribution >= 4 is 38.9 Å². The van der Waals surface area contributed by atoms with Crippen LogP contribution in [0.5, 0.6) is 5.75 Å². The van der Waals surface area contributed by atoms with Crippen LogP contribution in [0.4, 0.5) is 24.5 Å². The molecule has 1 unspecified atom stereocenters. The number of nitro benzene ring substituents is 1. The summed E-state index contributed by atoms with van der Waals surface area (Å²) in [5, 5.41) is 22.7. The van der Waals surface area contributed by atoms with Gasteiger partial charge < -0.3 is 15.2 Å². The number of nitrogens with one attached hydrogen (secondary N) is 1. The first-order chi connectivity index (χ1) is 9.64. The second-order valence-corrected chi connectivity index (χ2v) is 4.96. The van der Waals surface area contributed by atoms with Crippen LogP contribution in [0.25, 0.3) is 0 Å². The average Bonchev–Trinajstić information content (AvgIpc) is 2.36. The van der Waals surface area contributed by atoms with E-state index in [-0.39, 0.29) is 22.6 Å². The second-order valence-electron chi connectivity index (χ2n) is 3.79. The summed E-state index contributed by atoms with van der Waals surface area (Å²) in [4.78, 5) is 10.0. The van der Waals surface area contributed by atoms with E-state index >= 15 is 0 Å². The molecule has 0 aliphatic heterocycles. The zero-order chi connectivity index (χ0) is 16.2. The minimum atomic E-state index is -4.97. The highest BCUT2D eigenvalue weighted by Gasteiger charge is 2.33. The first-order valence-electron chi connectivity index (χ1n) is 5.35. The van der Waals surface area contributed by atoms with Crippen LogP contribution in [0.1, 0.15) is 0 Å². The maximum absolute atomic E-state index is 12.2. The van der Waals surface area contributed by atoms with Crippen LogP contribution < -0.4 is 10.1 Å². The summed E-state index contributed by atoms with van der Waals surface area (Å²) >= 11 is 8.20. The molecule has 0 saturated heterocycles. The molecule has 1 aromatic rings. The lowest BCUT2D eigenvalue weighted by Crippen LogP contribution is -2.21. The molecule has 118 valence electrons. The Morgan fingerprint density at radius 1 is 1.52 bits per heavy atom. The molecular weight excluding hydrogens is 384 g/mol. The fourth-order valence-corrected chi connectivity index (χ4v) is 1.85. The fourth-order valence-electron chi connectivity index (χ4n) is 1.32. The van der Waals surface area contributed by atoms with Gasteiger partial charge in [-0.1, -0.05) is 0 Å². The maximum atomic E-state index is 12.2. The van der Waals surface area contributed by atoms with Crippen LogP contribution in [-0.4, -0.2) is 34.9 Å². The van der Waals surface area contributed by atoms with Gasteiger partial charge in [-0.15, -0.1) is 24.8 Å². The summed E-state index contributed by atoms with van der Waals surface area (Å²) in [6.45, 7) is -0.101. The molecule has 1 atom stereocenters. The number of hydrogen-bond donors (Lipinski definition) is 2. The Morgan fingerprint density at radius 2 is 2.14 bits per heavy atom. The molecule has 0 spiro atoms. The van der Waals surface area contributed by atoms with Gasteiger partial charge in [0.1, 0.15) is 5.69 Å². The minimum Gasteiger partial charge on any atom is -0.404 e. The van der Waals surface area contributed by atoms with Gasteiger partial charge in [-0.3, -0.25) is 10.1 Å². The third-order valence-corrected chi connectivity index (χ3v) is 3.15. The lowest BCUT2D eigenvalue weighted by atomic mass is 10.2. The molecule has 1 aromatic carbocycles. The van der Waals surface area contributed by atoms with Crippen LogP contribution in [0.15, 0.2) is 16.6 Å². The van der Waals surface area contributed by atoms with Gasteiger partial charge in [-0.25, -0.2) is 0 Å². The Kier molecular flexibility index (Phi) is 6.05. The van der Waals surface area contributed by atoms with E-state index in [0.717, 1.165) is 6.07 Å². The van der Waals surface area contributed by atoms with Crippen molar-refractivity contribution < 1.29 is 27.9 Å². The number of anilines is 1. The van der Waals surface area contributed by atoms with Crippen LogP contribution >= 0.6 is 27.5 Å². The van der Waals surface area contributed by atoms with Gasteiger partial charge in [0.05, 0.1) is 27.4 Å². The van der Waals surface area contributed by atoms with E-state index in [2.05, 4.69) is 26.0 Å². The summed E-state index contributed by atoms with van der Waals surface area (Å²) in [7, 11) is 0. The summed E-state index contributed by atoms with van der Waals surface area (Å²) in [5.74, 6) is -0.838. The topological polar surface area (TPSA) is 84.6 Å². The molecule has 11 heteroatoms. The van der Waals surface area contributed by atoms with Gasteiger partial charge in [-0.05, 0) is 22.0 Å². The molecule has 0 amide bonds. The van der Waals surface area contributed by atoms with Crippen molar-refractivity contribution in [2.75, 3.05) is 17.7 Å². The minimum absolute atomic E-state index is 0.0782. The quantitative estimate of drug-likeness (QED) is 0.440. The number of nitro groups is 1. The molecule has 0 radical (unpaired) electrons. The molecule has 0 heterocycles. The molecule has 0 fully saturated rings. The van der Waals surface area contributed by atoms with Gasteiger partial charge in [0, 0.05) is 6.54 Å². The van der Waals surface area contributed by atoms with E-state index in [4.69, 9.17) is 11.6 Å². The largest absolute Gasteiger partial charge is 0.573 e. The lowest BCUT2D eigenvalue weighted by molar-refractivity contribution is -0.384. The third kappa shape index (κ3) is 5.56. The zero-order valence-corrected chi connectivity index (χ0v) is 12.5. The van der Waals surface area contributed by atoms with Crippen molar-refractivity contribution in [3.05, 3.63) is 26.7 Å². The number of alkyl halides is 4. The molecule has 21 heavy (non-hydrogen) atoms. The number of ether oxygens (including phenoxy) is 1. The Bertz CT molecular complexity index is 530. The van der Waals surface area contributed by atoms with E-state index in [9.17, 15) is 28.4 Å². The molecule has 0 saturated carbocycles. The van der Waals surface area contributed by atoms with E-state index in [0.29, 0.717) is 6.07 Å². The molecule has 0 aliphatic rings. The molecule has 2 N–H and O–H groups in total. The monoisotopic (exact) mass is 392 g/mol. The number of rotatable bonds is 6. The van der Waals surface area contributed by atoms with E-state index in [1.54, 1.807) is 0 Å². The van der Waals surface area contributed by atoms with E-state index in [1.165, 1.54) is 0 Å². The predicted molar refractivity (Wildman–Crippen MR) is 72.7 cm³/mol.